The zero-order valence-electron chi connectivity index (χ0n) is 18.7. The molecule has 0 bridgehead atoms. The number of nitrogens with one attached hydrogen (secondary N) is 1. The van der Waals surface area contributed by atoms with Gasteiger partial charge in [-0.15, -0.1) is 10.2 Å². The van der Waals surface area contributed by atoms with Crippen LogP contribution in [0.4, 0.5) is 5.95 Å². The minimum Gasteiger partial charge on any atom is -0.507 e. The summed E-state index contributed by atoms with van der Waals surface area (Å²) in [6.07, 6.45) is 8.53. The molecule has 2 N–H and O–H groups in total. The van der Waals surface area contributed by atoms with E-state index >= 15 is 0 Å². The number of hydrogen-bond acceptors (Lipinski definition) is 8. The highest BCUT2D eigenvalue weighted by molar-refractivity contribution is 5.73. The van der Waals surface area contributed by atoms with Crippen LogP contribution in [0.1, 0.15) is 40.5 Å². The van der Waals surface area contributed by atoms with Crippen LogP contribution in [0.5, 0.6) is 5.75 Å². The van der Waals surface area contributed by atoms with E-state index in [1.54, 1.807) is 24.7 Å². The fourth-order valence-corrected chi connectivity index (χ4v) is 4.64. The second-order valence-corrected chi connectivity index (χ2v) is 9.57. The van der Waals surface area contributed by atoms with Crippen LogP contribution in [-0.4, -0.2) is 54.4 Å². The molecule has 8 nitrogen and oxygen atoms in total. The smallest absolute Gasteiger partial charge is 0.245 e. The lowest BCUT2D eigenvalue weighted by atomic mass is 9.79. The zero-order chi connectivity index (χ0) is 22.2. The highest BCUT2D eigenvalue weighted by Gasteiger charge is 2.39. The lowest BCUT2D eigenvalue weighted by molar-refractivity contribution is 0.160. The van der Waals surface area contributed by atoms with Crippen molar-refractivity contribution in [3.63, 3.8) is 0 Å². The Kier molecular flexibility index (Phi) is 5.35. The Bertz CT molecular complexity index is 1040. The standard InChI is InChI=1S/C23H29N7O/c1-22(2)9-17(10-23(3,4)29-22)30(5)21-26-13-19(27-28-21)18-7-6-15(8-20(18)31)16-11-24-14-25-12-16/h6-8,11-14,17,29,31H,9-10H2,1-5H3. The molecule has 0 amide bonds. The maximum absolute atomic E-state index is 10.5. The molecule has 1 fully saturated rings. The fraction of sp³-hybridized carbons (Fsp3) is 0.435. The van der Waals surface area contributed by atoms with Crippen molar-refractivity contribution in [2.24, 2.45) is 0 Å². The Balaban J connectivity index is 1.54. The molecule has 4 rings (SSSR count). The normalized spacial score (nSPS) is 18.0. The molecular formula is C23H29N7O. The second kappa shape index (κ2) is 7.85. The van der Waals surface area contributed by atoms with Crippen molar-refractivity contribution in [3.05, 3.63) is 43.1 Å². The van der Waals surface area contributed by atoms with Crippen LogP contribution >= 0.6 is 0 Å². The molecule has 31 heavy (non-hydrogen) atoms. The molecule has 0 radical (unpaired) electrons. The third-order valence-corrected chi connectivity index (χ3v) is 5.75. The van der Waals surface area contributed by atoms with Gasteiger partial charge in [0.05, 0.1) is 6.20 Å². The number of aromatic hydroxyl groups is 1. The summed E-state index contributed by atoms with van der Waals surface area (Å²) in [5.41, 5.74) is 2.83. The number of phenolic OH excluding ortho intramolecular Hbond substituents is 1. The van der Waals surface area contributed by atoms with E-state index in [1.165, 1.54) is 6.33 Å². The monoisotopic (exact) mass is 419 g/mol. The maximum Gasteiger partial charge on any atom is 0.245 e. The van der Waals surface area contributed by atoms with E-state index in [0.29, 0.717) is 23.2 Å². The highest BCUT2D eigenvalue weighted by atomic mass is 16.3. The van der Waals surface area contributed by atoms with Gasteiger partial charge in [-0.1, -0.05) is 6.07 Å². The van der Waals surface area contributed by atoms with Gasteiger partial charge in [0.1, 0.15) is 17.8 Å². The number of piperidine rings is 1. The predicted octanol–water partition coefficient (Wildman–Crippen LogP) is 3.45. The Hall–Kier alpha value is -3.13. The average Bonchev–Trinajstić information content (AvgIpc) is 2.72. The molecule has 1 aromatic carbocycles. The molecule has 0 spiro atoms. The SMILES string of the molecule is CN(c1ncc(-c2ccc(-c3cncnc3)cc2O)nn1)C1CC(C)(C)NC(C)(C)C1. The number of rotatable bonds is 4. The van der Waals surface area contributed by atoms with Crippen molar-refractivity contribution in [3.8, 4) is 28.1 Å². The second-order valence-electron chi connectivity index (χ2n) is 9.57. The van der Waals surface area contributed by atoms with Gasteiger partial charge in [-0.2, -0.15) is 0 Å². The number of phenols is 1. The topological polar surface area (TPSA) is 100.0 Å². The number of aromatic nitrogens is 5. The van der Waals surface area contributed by atoms with E-state index in [1.807, 2.05) is 19.2 Å². The predicted molar refractivity (Wildman–Crippen MR) is 121 cm³/mol. The van der Waals surface area contributed by atoms with Crippen LogP contribution in [0.15, 0.2) is 43.1 Å². The molecule has 3 heterocycles. The first-order chi connectivity index (χ1) is 14.6. The zero-order valence-corrected chi connectivity index (χ0v) is 18.7. The fourth-order valence-electron chi connectivity index (χ4n) is 4.64. The van der Waals surface area contributed by atoms with Gasteiger partial charge in [-0.3, -0.25) is 0 Å². The summed E-state index contributed by atoms with van der Waals surface area (Å²) < 4.78 is 0. The van der Waals surface area contributed by atoms with Gasteiger partial charge in [-0.25, -0.2) is 15.0 Å². The molecule has 0 aliphatic carbocycles. The van der Waals surface area contributed by atoms with E-state index < -0.39 is 0 Å². The van der Waals surface area contributed by atoms with E-state index in [-0.39, 0.29) is 16.8 Å². The Morgan fingerprint density at radius 1 is 0.968 bits per heavy atom. The summed E-state index contributed by atoms with van der Waals surface area (Å²) in [4.78, 5) is 14.7. The van der Waals surface area contributed by atoms with Crippen molar-refractivity contribution in [2.45, 2.75) is 57.7 Å². The van der Waals surface area contributed by atoms with Crippen LogP contribution in [0.2, 0.25) is 0 Å². The highest BCUT2D eigenvalue weighted by Crippen LogP contribution is 2.34. The minimum absolute atomic E-state index is 0.0331. The first-order valence-corrected chi connectivity index (χ1v) is 10.4. The molecule has 0 saturated carbocycles. The molecule has 1 saturated heterocycles. The Labute approximate surface area is 182 Å². The quantitative estimate of drug-likeness (QED) is 0.663. The first kappa shape index (κ1) is 21.1. The summed E-state index contributed by atoms with van der Waals surface area (Å²) in [6.45, 7) is 8.91. The van der Waals surface area contributed by atoms with E-state index in [9.17, 15) is 5.11 Å². The van der Waals surface area contributed by atoms with Crippen molar-refractivity contribution in [1.29, 1.82) is 0 Å². The van der Waals surface area contributed by atoms with Crippen LogP contribution in [0.3, 0.4) is 0 Å². The summed E-state index contributed by atoms with van der Waals surface area (Å²) in [5.74, 6) is 0.695. The van der Waals surface area contributed by atoms with Gasteiger partial charge < -0.3 is 15.3 Å². The number of benzene rings is 1. The van der Waals surface area contributed by atoms with Gasteiger partial charge in [0.15, 0.2) is 0 Å². The van der Waals surface area contributed by atoms with Gasteiger partial charge in [-0.05, 0) is 58.2 Å². The maximum atomic E-state index is 10.5. The van der Waals surface area contributed by atoms with Gasteiger partial charge in [0.2, 0.25) is 5.95 Å². The molecule has 1 aliphatic rings. The summed E-state index contributed by atoms with van der Waals surface area (Å²) in [5, 5.41) is 23.0. The Morgan fingerprint density at radius 2 is 1.65 bits per heavy atom. The number of hydrogen-bond donors (Lipinski definition) is 2. The molecule has 3 aromatic rings. The molecule has 8 heteroatoms. The molecule has 0 atom stereocenters. The van der Waals surface area contributed by atoms with Crippen molar-refractivity contribution in [1.82, 2.24) is 30.5 Å². The molecule has 1 aliphatic heterocycles. The third kappa shape index (κ3) is 4.64. The number of anilines is 1. The lowest BCUT2D eigenvalue weighted by Crippen LogP contribution is -2.62. The largest absolute Gasteiger partial charge is 0.507 e. The minimum atomic E-state index is 0.0331. The van der Waals surface area contributed by atoms with Crippen LogP contribution in [0, 0.1) is 0 Å². The summed E-state index contributed by atoms with van der Waals surface area (Å²) in [6, 6.07) is 5.69. The lowest BCUT2D eigenvalue weighted by Gasteiger charge is -2.48. The molecule has 2 aromatic heterocycles. The van der Waals surface area contributed by atoms with Crippen LogP contribution in [-0.2, 0) is 0 Å². The van der Waals surface area contributed by atoms with Crippen LogP contribution in [0.25, 0.3) is 22.4 Å². The van der Waals surface area contributed by atoms with Crippen molar-refractivity contribution >= 4 is 5.95 Å². The van der Waals surface area contributed by atoms with Gasteiger partial charge in [0, 0.05) is 47.7 Å². The molecule has 162 valence electrons. The Morgan fingerprint density at radius 3 is 2.23 bits per heavy atom. The third-order valence-electron chi connectivity index (χ3n) is 5.75. The van der Waals surface area contributed by atoms with Crippen molar-refractivity contribution < 1.29 is 5.11 Å². The van der Waals surface area contributed by atoms with Gasteiger partial charge in [0.25, 0.3) is 0 Å². The average molecular weight is 420 g/mol. The van der Waals surface area contributed by atoms with Crippen LogP contribution < -0.4 is 10.2 Å². The van der Waals surface area contributed by atoms with E-state index in [2.05, 4.69) is 63.1 Å². The van der Waals surface area contributed by atoms with Gasteiger partial charge >= 0.3 is 0 Å². The van der Waals surface area contributed by atoms with Crippen molar-refractivity contribution in [2.75, 3.05) is 11.9 Å². The van der Waals surface area contributed by atoms with E-state index in [4.69, 9.17) is 0 Å². The molecule has 0 unspecified atom stereocenters. The first-order valence-electron chi connectivity index (χ1n) is 10.4. The summed E-state index contributed by atoms with van der Waals surface area (Å²) in [7, 11) is 2.02. The summed E-state index contributed by atoms with van der Waals surface area (Å²) >= 11 is 0. The van der Waals surface area contributed by atoms with E-state index in [0.717, 1.165) is 24.0 Å². The number of nitrogens with zero attached hydrogens (tertiary/aromatic N) is 6. The molecular weight excluding hydrogens is 390 g/mol.